The van der Waals surface area contributed by atoms with E-state index in [0.717, 1.165) is 12.8 Å². The summed E-state index contributed by atoms with van der Waals surface area (Å²) in [5.41, 5.74) is 0. The van der Waals surface area contributed by atoms with Gasteiger partial charge in [0, 0.05) is 12.5 Å². The van der Waals surface area contributed by atoms with Crippen LogP contribution < -0.4 is 4.74 Å². The van der Waals surface area contributed by atoms with Crippen LogP contribution in [0.4, 0.5) is 0 Å². The van der Waals surface area contributed by atoms with Gasteiger partial charge in [-0.25, -0.2) is 0 Å². The number of aromatic hydroxyl groups is 1. The van der Waals surface area contributed by atoms with Crippen LogP contribution in [-0.2, 0) is 0 Å². The first kappa shape index (κ1) is 17.0. The van der Waals surface area contributed by atoms with Crippen LogP contribution in [0.25, 0.3) is 0 Å². The van der Waals surface area contributed by atoms with Gasteiger partial charge in [-0.1, -0.05) is 59.7 Å². The summed E-state index contributed by atoms with van der Waals surface area (Å²) in [6, 6.07) is 0. The Morgan fingerprint density at radius 3 is 2.16 bits per heavy atom. The molecule has 0 aromatic heterocycles. The second-order valence-corrected chi connectivity index (χ2v) is 5.59. The molecule has 0 saturated heterocycles. The number of halogens is 4. The summed E-state index contributed by atoms with van der Waals surface area (Å²) >= 11 is 23.5. The largest absolute Gasteiger partial charge is 0.503 e. The molecule has 0 bridgehead atoms. The zero-order chi connectivity index (χ0) is 14.6. The van der Waals surface area contributed by atoms with Gasteiger partial charge in [-0.3, -0.25) is 0 Å². The Morgan fingerprint density at radius 1 is 1.05 bits per heavy atom. The SMILES string of the molecule is CCC[C@@H](CO)COc1c(O)c(Cl)c(Cl)c(Cl)c1Cl. The van der Waals surface area contributed by atoms with Gasteiger partial charge in [0.05, 0.1) is 16.7 Å². The number of benzene rings is 1. The third-order valence-corrected chi connectivity index (χ3v) is 4.39. The molecular weight excluding hydrogens is 334 g/mol. The number of aliphatic hydroxyl groups is 1. The summed E-state index contributed by atoms with van der Waals surface area (Å²) in [5.74, 6) is -0.418. The number of rotatable bonds is 6. The van der Waals surface area contributed by atoms with E-state index >= 15 is 0 Å². The number of hydrogen-bond donors (Lipinski definition) is 2. The maximum absolute atomic E-state index is 9.85. The van der Waals surface area contributed by atoms with Crippen molar-refractivity contribution in [1.29, 1.82) is 0 Å². The predicted octanol–water partition coefficient (Wildman–Crippen LogP) is 4.79. The van der Waals surface area contributed by atoms with Crippen molar-refractivity contribution in [2.75, 3.05) is 13.2 Å². The van der Waals surface area contributed by atoms with E-state index in [1.807, 2.05) is 6.92 Å². The molecule has 7 heteroatoms. The van der Waals surface area contributed by atoms with E-state index in [-0.39, 0.29) is 50.7 Å². The van der Waals surface area contributed by atoms with Crippen molar-refractivity contribution >= 4 is 46.4 Å². The summed E-state index contributed by atoms with van der Waals surface area (Å²) in [7, 11) is 0. The highest BCUT2D eigenvalue weighted by molar-refractivity contribution is 6.52. The van der Waals surface area contributed by atoms with Gasteiger partial charge in [-0.15, -0.1) is 0 Å². The molecular formula is C12H14Cl4O3. The molecule has 1 aromatic rings. The smallest absolute Gasteiger partial charge is 0.182 e. The first-order chi connectivity index (χ1) is 8.93. The molecule has 0 saturated carbocycles. The van der Waals surface area contributed by atoms with Crippen molar-refractivity contribution in [3.05, 3.63) is 20.1 Å². The lowest BCUT2D eigenvalue weighted by Gasteiger charge is -2.17. The Labute approximate surface area is 132 Å². The minimum absolute atomic E-state index is 0.00162. The number of ether oxygens (including phenoxy) is 1. The van der Waals surface area contributed by atoms with Gasteiger partial charge in [0.2, 0.25) is 0 Å². The van der Waals surface area contributed by atoms with Crippen LogP contribution in [0.5, 0.6) is 11.5 Å². The Morgan fingerprint density at radius 2 is 1.63 bits per heavy atom. The second-order valence-electron chi connectivity index (χ2n) is 4.08. The standard InChI is InChI=1S/C12H14Cl4O3/c1-2-3-6(4-17)5-19-12-10(16)8(14)7(13)9(15)11(12)18/h6,17-18H,2-5H2,1H3/t6-/m0/s1. The van der Waals surface area contributed by atoms with Crippen LogP contribution in [-0.4, -0.2) is 23.4 Å². The summed E-state index contributed by atoms with van der Waals surface area (Å²) in [6.45, 7) is 2.19. The average molecular weight is 348 g/mol. The van der Waals surface area contributed by atoms with Crippen molar-refractivity contribution in [2.45, 2.75) is 19.8 Å². The van der Waals surface area contributed by atoms with Crippen LogP contribution in [0.1, 0.15) is 19.8 Å². The van der Waals surface area contributed by atoms with E-state index in [9.17, 15) is 10.2 Å². The van der Waals surface area contributed by atoms with Gasteiger partial charge in [0.25, 0.3) is 0 Å². The van der Waals surface area contributed by atoms with Gasteiger partial charge in [-0.05, 0) is 6.42 Å². The lowest BCUT2D eigenvalue weighted by Crippen LogP contribution is -2.16. The van der Waals surface area contributed by atoms with E-state index in [2.05, 4.69) is 0 Å². The summed E-state index contributed by atoms with van der Waals surface area (Å²) in [4.78, 5) is 0. The third kappa shape index (κ3) is 3.96. The Balaban J connectivity index is 2.95. The minimum atomic E-state index is -0.353. The molecule has 108 valence electrons. The molecule has 2 N–H and O–H groups in total. The fourth-order valence-corrected chi connectivity index (χ4v) is 2.45. The molecule has 0 heterocycles. The highest BCUT2D eigenvalue weighted by Crippen LogP contribution is 2.49. The van der Waals surface area contributed by atoms with Crippen LogP contribution in [0.15, 0.2) is 0 Å². The maximum atomic E-state index is 9.85. The predicted molar refractivity (Wildman–Crippen MR) is 79.1 cm³/mol. The zero-order valence-corrected chi connectivity index (χ0v) is 13.2. The lowest BCUT2D eigenvalue weighted by molar-refractivity contribution is 0.153. The highest BCUT2D eigenvalue weighted by atomic mass is 35.5. The minimum Gasteiger partial charge on any atom is -0.503 e. The monoisotopic (exact) mass is 346 g/mol. The van der Waals surface area contributed by atoms with Crippen molar-refractivity contribution in [3.8, 4) is 11.5 Å². The van der Waals surface area contributed by atoms with Crippen LogP contribution in [0.3, 0.4) is 0 Å². The van der Waals surface area contributed by atoms with Crippen molar-refractivity contribution < 1.29 is 14.9 Å². The number of aliphatic hydroxyl groups excluding tert-OH is 1. The molecule has 0 aliphatic heterocycles. The lowest BCUT2D eigenvalue weighted by atomic mass is 10.1. The molecule has 1 rings (SSSR count). The fraction of sp³-hybridized carbons (Fsp3) is 0.500. The van der Waals surface area contributed by atoms with Crippen molar-refractivity contribution in [3.63, 3.8) is 0 Å². The first-order valence-electron chi connectivity index (χ1n) is 5.72. The zero-order valence-electron chi connectivity index (χ0n) is 10.2. The number of hydrogen-bond acceptors (Lipinski definition) is 3. The third-order valence-electron chi connectivity index (χ3n) is 2.62. The summed E-state index contributed by atoms with van der Waals surface area (Å²) in [5, 5.41) is 18.9. The van der Waals surface area contributed by atoms with Crippen molar-refractivity contribution in [2.24, 2.45) is 5.92 Å². The van der Waals surface area contributed by atoms with Crippen LogP contribution in [0, 0.1) is 5.92 Å². The van der Waals surface area contributed by atoms with Gasteiger partial charge in [-0.2, -0.15) is 0 Å². The molecule has 0 fully saturated rings. The number of phenolic OH excluding ortho intramolecular Hbond substituents is 1. The molecule has 0 aliphatic carbocycles. The van der Waals surface area contributed by atoms with E-state index in [1.165, 1.54) is 0 Å². The van der Waals surface area contributed by atoms with Gasteiger partial charge >= 0.3 is 0 Å². The number of phenols is 1. The van der Waals surface area contributed by atoms with Gasteiger partial charge in [0.15, 0.2) is 11.5 Å². The molecule has 0 amide bonds. The molecule has 1 aromatic carbocycles. The van der Waals surface area contributed by atoms with E-state index in [1.54, 1.807) is 0 Å². The first-order valence-corrected chi connectivity index (χ1v) is 7.23. The van der Waals surface area contributed by atoms with Gasteiger partial charge < -0.3 is 14.9 Å². The second kappa shape index (κ2) is 7.65. The Bertz CT molecular complexity index is 422. The summed E-state index contributed by atoms with van der Waals surface area (Å²) in [6.07, 6.45) is 1.71. The van der Waals surface area contributed by atoms with Crippen molar-refractivity contribution in [1.82, 2.24) is 0 Å². The van der Waals surface area contributed by atoms with E-state index < -0.39 is 0 Å². The molecule has 0 spiro atoms. The van der Waals surface area contributed by atoms with Crippen LogP contribution >= 0.6 is 46.4 Å². The topological polar surface area (TPSA) is 49.7 Å². The molecule has 0 aliphatic rings. The quantitative estimate of drug-likeness (QED) is 0.574. The van der Waals surface area contributed by atoms with E-state index in [4.69, 9.17) is 51.1 Å². The molecule has 0 radical (unpaired) electrons. The van der Waals surface area contributed by atoms with Crippen LogP contribution in [0.2, 0.25) is 20.1 Å². The maximum Gasteiger partial charge on any atom is 0.182 e. The highest BCUT2D eigenvalue weighted by Gasteiger charge is 2.22. The molecule has 1 atom stereocenters. The molecule has 3 nitrogen and oxygen atoms in total. The van der Waals surface area contributed by atoms with Gasteiger partial charge in [0.1, 0.15) is 10.0 Å². The fourth-order valence-electron chi connectivity index (χ4n) is 1.57. The average Bonchev–Trinajstić information content (AvgIpc) is 2.41. The Kier molecular flexibility index (Phi) is 6.84. The van der Waals surface area contributed by atoms with E-state index in [0.29, 0.717) is 0 Å². The molecule has 0 unspecified atom stereocenters. The molecule has 19 heavy (non-hydrogen) atoms. The normalized spacial score (nSPS) is 12.5. The Hall–Kier alpha value is -0.0600. The summed E-state index contributed by atoms with van der Waals surface area (Å²) < 4.78 is 5.42.